The van der Waals surface area contributed by atoms with Gasteiger partial charge in [-0.25, -0.2) is 4.79 Å². The quantitative estimate of drug-likeness (QED) is 0.223. The van der Waals surface area contributed by atoms with Crippen LogP contribution in [0.1, 0.15) is 37.7 Å². The standard InChI is InChI=1S/C33H37ClN4O6/c1-37(27-13-7-11-25(34)20-27)31(40)22-44-29-15-5-4-14-28(29)38(17-16-23-8-2-3-9-23)30(39)21-35-33(43)36-26-12-6-10-24(18-26)19-32(41)42/h4-7,10-15,18,20,23H,2-3,8-9,16-17,19,21-22H2,1H3,(H,41,42)(H2,35,36,43). The van der Waals surface area contributed by atoms with Gasteiger partial charge in [0.15, 0.2) is 6.61 Å². The van der Waals surface area contributed by atoms with Crippen LogP contribution in [0.25, 0.3) is 0 Å². The molecule has 4 rings (SSSR count). The molecular formula is C33H37ClN4O6. The molecule has 10 nitrogen and oxygen atoms in total. The fraction of sp³-hybridized carbons (Fsp3) is 0.333. The summed E-state index contributed by atoms with van der Waals surface area (Å²) in [4.78, 5) is 53.2. The van der Waals surface area contributed by atoms with Crippen molar-refractivity contribution in [2.24, 2.45) is 5.92 Å². The van der Waals surface area contributed by atoms with Gasteiger partial charge >= 0.3 is 12.0 Å². The van der Waals surface area contributed by atoms with Crippen molar-refractivity contribution in [2.75, 3.05) is 41.9 Å². The number of anilines is 3. The molecule has 0 aromatic heterocycles. The second kappa shape index (κ2) is 15.8. The number of para-hydroxylation sites is 2. The van der Waals surface area contributed by atoms with E-state index in [1.807, 2.05) is 0 Å². The molecular weight excluding hydrogens is 584 g/mol. The number of urea groups is 1. The molecule has 3 aromatic rings. The Morgan fingerprint density at radius 3 is 2.45 bits per heavy atom. The van der Waals surface area contributed by atoms with E-state index in [4.69, 9.17) is 21.4 Å². The van der Waals surface area contributed by atoms with Gasteiger partial charge in [-0.1, -0.05) is 67.6 Å². The maximum Gasteiger partial charge on any atom is 0.319 e. The Kier molecular flexibility index (Phi) is 11.6. The molecule has 0 spiro atoms. The molecule has 1 aliphatic rings. The first kappa shape index (κ1) is 32.3. The van der Waals surface area contributed by atoms with E-state index in [1.54, 1.807) is 84.7 Å². The lowest BCUT2D eigenvalue weighted by atomic mass is 10.0. The van der Waals surface area contributed by atoms with E-state index in [-0.39, 0.29) is 31.4 Å². The highest BCUT2D eigenvalue weighted by molar-refractivity contribution is 6.30. The molecule has 232 valence electrons. The van der Waals surface area contributed by atoms with E-state index in [2.05, 4.69) is 10.6 Å². The zero-order chi connectivity index (χ0) is 31.5. The lowest BCUT2D eigenvalue weighted by molar-refractivity contribution is -0.136. The Balaban J connectivity index is 1.43. The predicted octanol–water partition coefficient (Wildman–Crippen LogP) is 5.74. The lowest BCUT2D eigenvalue weighted by Gasteiger charge is -2.27. The molecule has 3 aromatic carbocycles. The number of aliphatic carboxylic acids is 1. The highest BCUT2D eigenvalue weighted by Crippen LogP contribution is 2.32. The van der Waals surface area contributed by atoms with Crippen LogP contribution in [0.15, 0.2) is 72.8 Å². The molecule has 0 saturated heterocycles. The summed E-state index contributed by atoms with van der Waals surface area (Å²) in [5.41, 5.74) is 2.10. The van der Waals surface area contributed by atoms with E-state index in [9.17, 15) is 19.2 Å². The van der Waals surface area contributed by atoms with Crippen LogP contribution in [0.2, 0.25) is 5.02 Å². The minimum atomic E-state index is -0.975. The Bertz CT molecular complexity index is 1480. The third kappa shape index (κ3) is 9.47. The first-order chi connectivity index (χ1) is 21.2. The molecule has 11 heteroatoms. The normalized spacial score (nSPS) is 12.8. The zero-order valence-corrected chi connectivity index (χ0v) is 25.4. The molecule has 1 fully saturated rings. The van der Waals surface area contributed by atoms with E-state index in [0.717, 1.165) is 19.3 Å². The van der Waals surface area contributed by atoms with Gasteiger partial charge in [0.25, 0.3) is 5.91 Å². The molecule has 1 saturated carbocycles. The number of rotatable bonds is 13. The second-order valence-corrected chi connectivity index (χ2v) is 11.2. The van der Waals surface area contributed by atoms with Gasteiger partial charge in [-0.05, 0) is 60.4 Å². The van der Waals surface area contributed by atoms with Crippen LogP contribution in [0.3, 0.4) is 0 Å². The largest absolute Gasteiger partial charge is 0.482 e. The third-order valence-corrected chi connectivity index (χ3v) is 7.79. The second-order valence-electron chi connectivity index (χ2n) is 10.8. The highest BCUT2D eigenvalue weighted by Gasteiger charge is 2.24. The monoisotopic (exact) mass is 620 g/mol. The number of amides is 4. The van der Waals surface area contributed by atoms with Crippen LogP contribution >= 0.6 is 11.6 Å². The molecule has 0 aliphatic heterocycles. The fourth-order valence-electron chi connectivity index (χ4n) is 5.22. The molecule has 0 radical (unpaired) electrons. The molecule has 4 amide bonds. The molecule has 1 aliphatic carbocycles. The van der Waals surface area contributed by atoms with Crippen LogP contribution < -0.4 is 25.2 Å². The Hall–Kier alpha value is -4.57. The topological polar surface area (TPSA) is 128 Å². The van der Waals surface area contributed by atoms with E-state index >= 15 is 0 Å². The first-order valence-electron chi connectivity index (χ1n) is 14.6. The predicted molar refractivity (Wildman–Crippen MR) is 171 cm³/mol. The summed E-state index contributed by atoms with van der Waals surface area (Å²) in [6.45, 7) is -0.108. The SMILES string of the molecule is CN(C(=O)COc1ccccc1N(CCC1CCCC1)C(=O)CNC(=O)Nc1cccc(CC(=O)O)c1)c1cccc(Cl)c1. The van der Waals surface area contributed by atoms with Crippen molar-refractivity contribution in [1.82, 2.24) is 5.32 Å². The van der Waals surface area contributed by atoms with Crippen molar-refractivity contribution >= 4 is 52.5 Å². The number of carboxylic acids is 1. The number of hydrogen-bond acceptors (Lipinski definition) is 5. The summed E-state index contributed by atoms with van der Waals surface area (Å²) in [5, 5.41) is 14.8. The van der Waals surface area contributed by atoms with Crippen LogP contribution in [0, 0.1) is 5.92 Å². The summed E-state index contributed by atoms with van der Waals surface area (Å²) in [6.07, 6.45) is 5.22. The molecule has 0 heterocycles. The summed E-state index contributed by atoms with van der Waals surface area (Å²) in [7, 11) is 1.64. The minimum absolute atomic E-state index is 0.171. The van der Waals surface area contributed by atoms with Gasteiger partial charge in [0.1, 0.15) is 5.75 Å². The minimum Gasteiger partial charge on any atom is -0.482 e. The number of nitrogens with zero attached hydrogens (tertiary/aromatic N) is 2. The number of halogens is 1. The summed E-state index contributed by atoms with van der Waals surface area (Å²) in [6, 6.07) is 19.9. The van der Waals surface area contributed by atoms with Gasteiger partial charge in [0, 0.05) is 30.0 Å². The number of ether oxygens (including phenoxy) is 1. The number of hydrogen-bond donors (Lipinski definition) is 3. The molecule has 0 atom stereocenters. The van der Waals surface area contributed by atoms with Crippen LogP contribution in [-0.4, -0.2) is 55.7 Å². The summed E-state index contributed by atoms with van der Waals surface area (Å²) >= 11 is 6.08. The van der Waals surface area contributed by atoms with Gasteiger partial charge in [-0.15, -0.1) is 0 Å². The molecule has 0 unspecified atom stereocenters. The van der Waals surface area contributed by atoms with Crippen molar-refractivity contribution in [2.45, 2.75) is 38.5 Å². The number of carbonyl (C=O) groups excluding carboxylic acids is 3. The third-order valence-electron chi connectivity index (χ3n) is 7.55. The fourth-order valence-corrected chi connectivity index (χ4v) is 5.40. The molecule has 44 heavy (non-hydrogen) atoms. The first-order valence-corrected chi connectivity index (χ1v) is 15.0. The molecule has 3 N–H and O–H groups in total. The van der Waals surface area contributed by atoms with Crippen LogP contribution in [-0.2, 0) is 20.8 Å². The van der Waals surface area contributed by atoms with Crippen molar-refractivity contribution in [3.8, 4) is 5.75 Å². The van der Waals surface area contributed by atoms with Crippen LogP contribution in [0.5, 0.6) is 5.75 Å². The number of carboxylic acid groups (broad SMARTS) is 1. The molecule has 0 bridgehead atoms. The number of benzene rings is 3. The number of likely N-dealkylation sites (N-methyl/N-ethyl adjacent to an activating group) is 1. The number of carbonyl (C=O) groups is 4. The summed E-state index contributed by atoms with van der Waals surface area (Å²) < 4.78 is 5.96. The zero-order valence-electron chi connectivity index (χ0n) is 24.6. The van der Waals surface area contributed by atoms with Crippen molar-refractivity contribution < 1.29 is 29.0 Å². The maximum atomic E-state index is 13.6. The van der Waals surface area contributed by atoms with Crippen molar-refractivity contribution in [3.63, 3.8) is 0 Å². The highest BCUT2D eigenvalue weighted by atomic mass is 35.5. The van der Waals surface area contributed by atoms with Crippen molar-refractivity contribution in [1.29, 1.82) is 0 Å². The Morgan fingerprint density at radius 1 is 0.955 bits per heavy atom. The number of nitrogens with one attached hydrogen (secondary N) is 2. The van der Waals surface area contributed by atoms with E-state index in [1.165, 1.54) is 17.7 Å². The van der Waals surface area contributed by atoms with Gasteiger partial charge < -0.3 is 30.3 Å². The Morgan fingerprint density at radius 2 is 1.70 bits per heavy atom. The van der Waals surface area contributed by atoms with Gasteiger partial charge in [0.2, 0.25) is 5.91 Å². The van der Waals surface area contributed by atoms with Crippen LogP contribution in [0.4, 0.5) is 21.9 Å². The van der Waals surface area contributed by atoms with Gasteiger partial charge in [-0.3, -0.25) is 14.4 Å². The Labute approximate surface area is 261 Å². The van der Waals surface area contributed by atoms with E-state index < -0.39 is 12.0 Å². The average Bonchev–Trinajstić information content (AvgIpc) is 3.52. The summed E-state index contributed by atoms with van der Waals surface area (Å²) in [5.74, 6) is -0.718. The smallest absolute Gasteiger partial charge is 0.319 e. The van der Waals surface area contributed by atoms with Gasteiger partial charge in [-0.2, -0.15) is 0 Å². The lowest BCUT2D eigenvalue weighted by Crippen LogP contribution is -2.42. The van der Waals surface area contributed by atoms with Crippen molar-refractivity contribution in [3.05, 3.63) is 83.4 Å². The van der Waals surface area contributed by atoms with Gasteiger partial charge in [0.05, 0.1) is 18.7 Å². The van der Waals surface area contributed by atoms with E-state index in [0.29, 0.717) is 45.9 Å². The maximum absolute atomic E-state index is 13.6. The average molecular weight is 621 g/mol.